The maximum Gasteiger partial charge on any atom is -1.00 e. The Bertz CT molecular complexity index is 779. The fourth-order valence-corrected chi connectivity index (χ4v) is 4.66. The van der Waals surface area contributed by atoms with Crippen LogP contribution < -0.4 is 31.5 Å². The van der Waals surface area contributed by atoms with Crippen molar-refractivity contribution in [2.24, 2.45) is 0 Å². The molecule has 5 heteroatoms. The van der Waals surface area contributed by atoms with Crippen molar-refractivity contribution in [2.75, 3.05) is 0 Å². The van der Waals surface area contributed by atoms with Gasteiger partial charge in [0.2, 0.25) is 0 Å². The van der Waals surface area contributed by atoms with Crippen LogP contribution in [0.4, 0.5) is 0 Å². The van der Waals surface area contributed by atoms with Gasteiger partial charge < -0.3 is 24.8 Å². The maximum atomic E-state index is 6.47. The quantitative estimate of drug-likeness (QED) is 0.608. The third kappa shape index (κ3) is 7.76. The van der Waals surface area contributed by atoms with Crippen LogP contribution in [0.2, 0.25) is 0 Å². The van der Waals surface area contributed by atoms with Gasteiger partial charge in [-0.1, -0.05) is 0 Å². The summed E-state index contributed by atoms with van der Waals surface area (Å²) in [6, 6.07) is 12.9. The molecule has 160 valence electrons. The summed E-state index contributed by atoms with van der Waals surface area (Å²) in [4.78, 5) is 0. The van der Waals surface area contributed by atoms with Gasteiger partial charge in [-0.3, -0.25) is 0 Å². The van der Waals surface area contributed by atoms with E-state index in [1.165, 1.54) is 22.3 Å². The number of rotatable bonds is 4. The van der Waals surface area contributed by atoms with E-state index in [0.29, 0.717) is 0 Å². The average Bonchev–Trinajstić information content (AvgIpc) is 2.55. The summed E-state index contributed by atoms with van der Waals surface area (Å²) in [5, 5.41) is 0. The Balaban J connectivity index is 0.00000392. The first-order valence-corrected chi connectivity index (χ1v) is 11.8. The second kappa shape index (κ2) is 11.0. The van der Waals surface area contributed by atoms with Crippen molar-refractivity contribution in [1.29, 1.82) is 0 Å². The molecular formula is C24H34Cl2O2Ti. The summed E-state index contributed by atoms with van der Waals surface area (Å²) in [5.41, 5.74) is 5.03. The van der Waals surface area contributed by atoms with E-state index in [2.05, 4.69) is 96.1 Å². The Morgan fingerprint density at radius 1 is 0.690 bits per heavy atom. The molecule has 0 saturated carbocycles. The summed E-state index contributed by atoms with van der Waals surface area (Å²) in [6.45, 7) is 19.6. The molecule has 0 heterocycles. The van der Waals surface area contributed by atoms with Crippen molar-refractivity contribution in [1.82, 2.24) is 0 Å². The predicted octanol–water partition coefficient (Wildman–Crippen LogP) is 0.635. The second-order valence-electron chi connectivity index (χ2n) is 9.31. The van der Waals surface area contributed by atoms with Gasteiger partial charge in [-0.15, -0.1) is 0 Å². The summed E-state index contributed by atoms with van der Waals surface area (Å²) in [6.07, 6.45) is 0. The van der Waals surface area contributed by atoms with Gasteiger partial charge in [0.1, 0.15) is 0 Å². The first kappa shape index (κ1) is 28.2. The van der Waals surface area contributed by atoms with Crippen molar-refractivity contribution in [3.8, 4) is 11.5 Å². The van der Waals surface area contributed by atoms with Crippen molar-refractivity contribution in [3.63, 3.8) is 0 Å². The number of hydrogen-bond donors (Lipinski definition) is 0. The molecule has 0 bridgehead atoms. The van der Waals surface area contributed by atoms with E-state index in [-0.39, 0.29) is 35.6 Å². The molecule has 0 amide bonds. The molecule has 2 nitrogen and oxygen atoms in total. The van der Waals surface area contributed by atoms with Crippen molar-refractivity contribution in [3.05, 3.63) is 58.7 Å². The van der Waals surface area contributed by atoms with Gasteiger partial charge in [0, 0.05) is 0 Å². The summed E-state index contributed by atoms with van der Waals surface area (Å²) < 4.78 is 15.1. The minimum Gasteiger partial charge on any atom is -1.00 e. The Morgan fingerprint density at radius 3 is 1.31 bits per heavy atom. The fraction of sp³-hybridized carbons (Fsp3) is 0.458. The van der Waals surface area contributed by atoms with Gasteiger partial charge in [-0.2, -0.15) is 0 Å². The SMILES string of the molecule is C[CH]=[Ti+2]([O]c1ccc(C)cc1C(C)(C)C)[O]c1ccc(C)cc1C(C)(C)C.[Cl-].[Cl-]. The number of halogens is 2. The van der Waals surface area contributed by atoms with Gasteiger partial charge in [-0.25, -0.2) is 0 Å². The summed E-state index contributed by atoms with van der Waals surface area (Å²) >= 11 is -2.34. The molecule has 0 aliphatic heterocycles. The van der Waals surface area contributed by atoms with Gasteiger partial charge in [0.25, 0.3) is 0 Å². The Labute approximate surface area is 196 Å². The largest absolute Gasteiger partial charge is 1.00 e. The van der Waals surface area contributed by atoms with Crippen LogP contribution in [0.1, 0.15) is 70.7 Å². The zero-order chi connectivity index (χ0) is 20.4. The predicted molar refractivity (Wildman–Crippen MR) is 113 cm³/mol. The van der Waals surface area contributed by atoms with E-state index in [9.17, 15) is 0 Å². The molecule has 2 aromatic carbocycles. The molecule has 0 unspecified atom stereocenters. The minimum absolute atomic E-state index is 0. The normalized spacial score (nSPS) is 10.8. The maximum absolute atomic E-state index is 6.47. The van der Waals surface area contributed by atoms with E-state index in [1.807, 2.05) is 6.92 Å². The molecular weight excluding hydrogens is 439 g/mol. The average molecular weight is 473 g/mol. The van der Waals surface area contributed by atoms with E-state index < -0.39 is 18.2 Å². The number of benzene rings is 2. The minimum atomic E-state index is -2.34. The second-order valence-corrected chi connectivity index (χ2v) is 11.8. The molecule has 0 radical (unpaired) electrons. The van der Waals surface area contributed by atoms with Crippen LogP contribution >= 0.6 is 0 Å². The molecule has 29 heavy (non-hydrogen) atoms. The van der Waals surface area contributed by atoms with Crippen molar-refractivity contribution >= 4 is 4.31 Å². The van der Waals surface area contributed by atoms with Crippen LogP contribution in [-0.2, 0) is 29.0 Å². The zero-order valence-corrected chi connectivity index (χ0v) is 22.2. The van der Waals surface area contributed by atoms with Crippen LogP contribution in [-0.4, -0.2) is 4.31 Å². The molecule has 0 fully saturated rings. The first-order chi connectivity index (χ1) is 12.4. The standard InChI is InChI=1S/2C11H16O.C2H4.2ClH.Ti/c2*1-8-5-6-10(12)9(7-8)11(2,3)4;1-2;;;/h2*5-7,12H,1-4H3;1H,2H3;2*1H;/q;;;;;+4/p-4. The third-order valence-corrected chi connectivity index (χ3v) is 6.59. The molecule has 0 saturated heterocycles. The summed E-state index contributed by atoms with van der Waals surface area (Å²) in [5.74, 6) is 1.90. The molecule has 2 aromatic rings. The van der Waals surface area contributed by atoms with Gasteiger partial charge >= 0.3 is 172 Å². The van der Waals surface area contributed by atoms with Gasteiger partial charge in [0.05, 0.1) is 0 Å². The fourth-order valence-electron chi connectivity index (χ4n) is 2.99. The molecule has 0 N–H and O–H groups in total. The molecule has 0 aliphatic rings. The van der Waals surface area contributed by atoms with Crippen LogP contribution in [0.25, 0.3) is 0 Å². The van der Waals surface area contributed by atoms with Gasteiger partial charge in [0.15, 0.2) is 0 Å². The first-order valence-electron chi connectivity index (χ1n) is 9.66. The van der Waals surface area contributed by atoms with Crippen LogP contribution in [0.15, 0.2) is 36.4 Å². The van der Waals surface area contributed by atoms with E-state index >= 15 is 0 Å². The van der Waals surface area contributed by atoms with Crippen molar-refractivity contribution in [2.45, 2.75) is 73.1 Å². The topological polar surface area (TPSA) is 18.5 Å². The molecule has 0 aliphatic carbocycles. The van der Waals surface area contributed by atoms with Crippen LogP contribution in [0, 0.1) is 13.8 Å². The smallest absolute Gasteiger partial charge is 1.00 e. The zero-order valence-electron chi connectivity index (χ0n) is 19.1. The number of aryl methyl sites for hydroxylation is 2. The van der Waals surface area contributed by atoms with Crippen LogP contribution in [0.3, 0.4) is 0 Å². The van der Waals surface area contributed by atoms with Gasteiger partial charge in [-0.05, 0) is 0 Å². The Hall–Kier alpha value is -0.796. The monoisotopic (exact) mass is 472 g/mol. The van der Waals surface area contributed by atoms with E-state index in [0.717, 1.165) is 11.5 Å². The van der Waals surface area contributed by atoms with E-state index in [4.69, 9.17) is 6.64 Å². The number of hydrogen-bond acceptors (Lipinski definition) is 2. The molecule has 0 atom stereocenters. The summed E-state index contributed by atoms with van der Waals surface area (Å²) in [7, 11) is 0. The van der Waals surface area contributed by atoms with Crippen molar-refractivity contribution < 1.29 is 49.6 Å². The Morgan fingerprint density at radius 2 is 1.03 bits per heavy atom. The molecule has 0 aromatic heterocycles. The third-order valence-electron chi connectivity index (χ3n) is 4.54. The van der Waals surface area contributed by atoms with E-state index in [1.54, 1.807) is 0 Å². The molecule has 2 rings (SSSR count). The van der Waals surface area contributed by atoms with Crippen LogP contribution in [0.5, 0.6) is 11.5 Å². The molecule has 0 spiro atoms. The Kier molecular flexibility index (Phi) is 10.7.